The summed E-state index contributed by atoms with van der Waals surface area (Å²) in [6.07, 6.45) is 0. The topological polar surface area (TPSA) is 43.6 Å². The molecule has 0 saturated heterocycles. The summed E-state index contributed by atoms with van der Waals surface area (Å²) in [7, 11) is 0. The first-order chi connectivity index (χ1) is 6.29. The lowest BCUT2D eigenvalue weighted by atomic mass is 10.4. The molecule has 0 spiro atoms. The SMILES string of the molecule is CCSCC(C)n1nnnc1CCl. The van der Waals surface area contributed by atoms with Gasteiger partial charge in [-0.3, -0.25) is 0 Å². The quantitative estimate of drug-likeness (QED) is 0.709. The van der Waals surface area contributed by atoms with Crippen LogP contribution in [-0.2, 0) is 5.88 Å². The van der Waals surface area contributed by atoms with Crippen molar-refractivity contribution in [1.82, 2.24) is 20.2 Å². The van der Waals surface area contributed by atoms with Crippen molar-refractivity contribution in [2.45, 2.75) is 25.8 Å². The molecule has 0 fully saturated rings. The molecular weight excluding hydrogens is 208 g/mol. The van der Waals surface area contributed by atoms with Gasteiger partial charge in [-0.2, -0.15) is 11.8 Å². The maximum Gasteiger partial charge on any atom is 0.166 e. The Labute approximate surface area is 87.0 Å². The molecule has 1 rings (SSSR count). The highest BCUT2D eigenvalue weighted by Crippen LogP contribution is 2.13. The first-order valence-corrected chi connectivity index (χ1v) is 5.89. The lowest BCUT2D eigenvalue weighted by Gasteiger charge is -2.10. The monoisotopic (exact) mass is 220 g/mol. The van der Waals surface area contributed by atoms with Crippen molar-refractivity contribution >= 4 is 23.4 Å². The smallest absolute Gasteiger partial charge is 0.166 e. The Bertz CT molecular complexity index is 252. The number of tetrazole rings is 1. The van der Waals surface area contributed by atoms with Gasteiger partial charge in [-0.25, -0.2) is 4.68 Å². The van der Waals surface area contributed by atoms with Gasteiger partial charge in [-0.15, -0.1) is 16.7 Å². The van der Waals surface area contributed by atoms with Crippen molar-refractivity contribution in [3.05, 3.63) is 5.82 Å². The van der Waals surface area contributed by atoms with Crippen LogP contribution in [0.15, 0.2) is 0 Å². The third-order valence-corrected chi connectivity index (χ3v) is 3.03. The number of aromatic nitrogens is 4. The van der Waals surface area contributed by atoms with Gasteiger partial charge in [-0.05, 0) is 23.1 Å². The summed E-state index contributed by atoms with van der Waals surface area (Å²) in [4.78, 5) is 0. The molecule has 0 aliphatic carbocycles. The lowest BCUT2D eigenvalue weighted by Crippen LogP contribution is -2.12. The van der Waals surface area contributed by atoms with Crippen molar-refractivity contribution < 1.29 is 0 Å². The number of halogens is 1. The Morgan fingerprint density at radius 3 is 3.00 bits per heavy atom. The highest BCUT2D eigenvalue weighted by molar-refractivity contribution is 7.99. The molecular formula is C7H13ClN4S. The summed E-state index contributed by atoms with van der Waals surface area (Å²) in [5.74, 6) is 3.24. The second-order valence-corrected chi connectivity index (χ2v) is 4.27. The molecule has 0 radical (unpaired) electrons. The molecule has 1 aromatic rings. The first-order valence-electron chi connectivity index (χ1n) is 4.20. The van der Waals surface area contributed by atoms with Crippen LogP contribution in [0.3, 0.4) is 0 Å². The molecule has 1 heterocycles. The molecule has 13 heavy (non-hydrogen) atoms. The summed E-state index contributed by atoms with van der Waals surface area (Å²) in [6, 6.07) is 0.314. The Morgan fingerprint density at radius 2 is 2.38 bits per heavy atom. The number of hydrogen-bond donors (Lipinski definition) is 0. The van der Waals surface area contributed by atoms with E-state index in [-0.39, 0.29) is 0 Å². The van der Waals surface area contributed by atoms with Crippen molar-refractivity contribution in [3.8, 4) is 0 Å². The minimum atomic E-state index is 0.314. The lowest BCUT2D eigenvalue weighted by molar-refractivity contribution is 0.507. The number of rotatable bonds is 5. The zero-order valence-electron chi connectivity index (χ0n) is 7.77. The Hall–Kier alpha value is -0.290. The molecule has 1 aromatic heterocycles. The van der Waals surface area contributed by atoms with E-state index in [1.54, 1.807) is 4.68 Å². The predicted molar refractivity (Wildman–Crippen MR) is 55.1 cm³/mol. The fraction of sp³-hybridized carbons (Fsp3) is 0.857. The van der Waals surface area contributed by atoms with Crippen LogP contribution in [0, 0.1) is 0 Å². The third-order valence-electron chi connectivity index (χ3n) is 1.66. The van der Waals surface area contributed by atoms with Gasteiger partial charge in [0.05, 0.1) is 11.9 Å². The van der Waals surface area contributed by atoms with Gasteiger partial charge in [0, 0.05) is 5.75 Å². The molecule has 1 atom stereocenters. The Balaban J connectivity index is 2.59. The van der Waals surface area contributed by atoms with E-state index >= 15 is 0 Å². The van der Waals surface area contributed by atoms with E-state index < -0.39 is 0 Å². The van der Waals surface area contributed by atoms with Crippen LogP contribution in [0.5, 0.6) is 0 Å². The minimum absolute atomic E-state index is 0.314. The van der Waals surface area contributed by atoms with E-state index in [0.29, 0.717) is 11.9 Å². The summed E-state index contributed by atoms with van der Waals surface area (Å²) >= 11 is 7.56. The maximum atomic E-state index is 5.68. The molecule has 1 unspecified atom stereocenters. The van der Waals surface area contributed by atoms with Gasteiger partial charge < -0.3 is 0 Å². The van der Waals surface area contributed by atoms with E-state index in [4.69, 9.17) is 11.6 Å². The number of nitrogens with zero attached hydrogens (tertiary/aromatic N) is 4. The van der Waals surface area contributed by atoms with Crippen LogP contribution >= 0.6 is 23.4 Å². The second-order valence-electron chi connectivity index (χ2n) is 2.68. The predicted octanol–water partition coefficient (Wildman–Crippen LogP) is 1.73. The molecule has 0 aliphatic rings. The average molecular weight is 221 g/mol. The van der Waals surface area contributed by atoms with E-state index in [9.17, 15) is 0 Å². The van der Waals surface area contributed by atoms with Crippen molar-refractivity contribution in [3.63, 3.8) is 0 Å². The summed E-state index contributed by atoms with van der Waals surface area (Å²) in [5, 5.41) is 11.3. The average Bonchev–Trinajstić information content (AvgIpc) is 2.61. The van der Waals surface area contributed by atoms with Crippen LogP contribution < -0.4 is 0 Å². The first kappa shape index (κ1) is 10.8. The van der Waals surface area contributed by atoms with Gasteiger partial charge >= 0.3 is 0 Å². The fourth-order valence-electron chi connectivity index (χ4n) is 1.00. The van der Waals surface area contributed by atoms with E-state index in [1.165, 1.54) is 0 Å². The standard InChI is InChI=1S/C7H13ClN4S/c1-3-13-5-6(2)12-7(4-8)9-10-11-12/h6H,3-5H2,1-2H3. The zero-order valence-corrected chi connectivity index (χ0v) is 9.35. The van der Waals surface area contributed by atoms with Crippen LogP contribution in [0.1, 0.15) is 25.7 Å². The second kappa shape index (κ2) is 5.44. The summed E-state index contributed by atoms with van der Waals surface area (Å²) in [5.41, 5.74) is 0. The highest BCUT2D eigenvalue weighted by Gasteiger charge is 2.11. The van der Waals surface area contributed by atoms with Gasteiger partial charge in [0.25, 0.3) is 0 Å². The Morgan fingerprint density at radius 1 is 1.62 bits per heavy atom. The fourth-order valence-corrected chi connectivity index (χ4v) is 1.90. The summed E-state index contributed by atoms with van der Waals surface area (Å²) < 4.78 is 1.79. The summed E-state index contributed by atoms with van der Waals surface area (Å²) in [6.45, 7) is 4.23. The molecule has 0 aromatic carbocycles. The van der Waals surface area contributed by atoms with Crippen LogP contribution in [-0.4, -0.2) is 31.7 Å². The normalized spacial score (nSPS) is 13.2. The molecule has 0 saturated carbocycles. The number of alkyl halides is 1. The van der Waals surface area contributed by atoms with Gasteiger partial charge in [-0.1, -0.05) is 6.92 Å². The maximum absolute atomic E-state index is 5.68. The zero-order chi connectivity index (χ0) is 9.68. The van der Waals surface area contributed by atoms with Crippen molar-refractivity contribution in [2.75, 3.05) is 11.5 Å². The molecule has 0 N–H and O–H groups in total. The van der Waals surface area contributed by atoms with Crippen molar-refractivity contribution in [2.24, 2.45) is 0 Å². The molecule has 0 amide bonds. The van der Waals surface area contributed by atoms with Gasteiger partial charge in [0.1, 0.15) is 0 Å². The largest absolute Gasteiger partial charge is 0.225 e. The number of hydrogen-bond acceptors (Lipinski definition) is 4. The molecule has 6 heteroatoms. The van der Waals surface area contributed by atoms with E-state index in [1.807, 2.05) is 11.8 Å². The third kappa shape index (κ3) is 2.84. The Kier molecular flexibility index (Phi) is 4.52. The molecule has 0 bridgehead atoms. The van der Waals surface area contributed by atoms with Crippen LogP contribution in [0.2, 0.25) is 0 Å². The van der Waals surface area contributed by atoms with Crippen LogP contribution in [0.25, 0.3) is 0 Å². The molecule has 0 aliphatic heterocycles. The van der Waals surface area contributed by atoms with Crippen LogP contribution in [0.4, 0.5) is 0 Å². The van der Waals surface area contributed by atoms with Gasteiger partial charge in [0.15, 0.2) is 5.82 Å². The van der Waals surface area contributed by atoms with Gasteiger partial charge in [0.2, 0.25) is 0 Å². The molecule has 74 valence electrons. The van der Waals surface area contributed by atoms with E-state index in [0.717, 1.165) is 17.3 Å². The minimum Gasteiger partial charge on any atom is -0.225 e. The van der Waals surface area contributed by atoms with E-state index in [2.05, 4.69) is 29.4 Å². The number of thioether (sulfide) groups is 1. The highest BCUT2D eigenvalue weighted by atomic mass is 35.5. The van der Waals surface area contributed by atoms with Crippen molar-refractivity contribution in [1.29, 1.82) is 0 Å². The molecule has 4 nitrogen and oxygen atoms in total.